The molecule has 0 aromatic rings. The van der Waals surface area contributed by atoms with Crippen LogP contribution in [0, 0.1) is 11.8 Å². The number of Topliss-reactive ketones (excluding diaryl/α,β-unsaturated/α-hetero) is 2. The Kier molecular flexibility index (Phi) is 6.15. The van der Waals surface area contributed by atoms with Crippen molar-refractivity contribution in [3.63, 3.8) is 0 Å². The maximum absolute atomic E-state index is 15.2. The van der Waals surface area contributed by atoms with E-state index in [9.17, 15) is 18.4 Å². The van der Waals surface area contributed by atoms with Gasteiger partial charge in [0.15, 0.2) is 5.78 Å². The van der Waals surface area contributed by atoms with Gasteiger partial charge in [0.1, 0.15) is 5.78 Å². The zero-order valence-corrected chi connectivity index (χ0v) is 12.9. The Labute approximate surface area is 129 Å². The van der Waals surface area contributed by atoms with E-state index in [1.165, 1.54) is 12.2 Å². The van der Waals surface area contributed by atoms with Gasteiger partial charge >= 0.3 is 0 Å². The van der Waals surface area contributed by atoms with Crippen LogP contribution in [0.1, 0.15) is 45.4 Å². The molecule has 124 valence electrons. The summed E-state index contributed by atoms with van der Waals surface area (Å²) in [6, 6.07) is 0. The maximum Gasteiger partial charge on any atom is 0.289 e. The molecule has 0 spiro atoms. The summed E-state index contributed by atoms with van der Waals surface area (Å²) >= 11 is 0. The molecule has 5 heteroatoms. The number of allylic oxidation sites excluding steroid dienone is 2. The van der Waals surface area contributed by atoms with E-state index < -0.39 is 41.4 Å². The van der Waals surface area contributed by atoms with E-state index in [2.05, 4.69) is 13.2 Å². The predicted molar refractivity (Wildman–Crippen MR) is 79.6 cm³/mol. The van der Waals surface area contributed by atoms with Gasteiger partial charge in [0.2, 0.25) is 5.67 Å². The largest absolute Gasteiger partial charge is 0.299 e. The molecule has 1 rings (SSSR count). The van der Waals surface area contributed by atoms with E-state index >= 15 is 4.39 Å². The molecule has 0 aromatic heterocycles. The molecule has 1 aliphatic carbocycles. The molecular formula is C17H23F3O2. The van der Waals surface area contributed by atoms with E-state index in [-0.39, 0.29) is 32.1 Å². The van der Waals surface area contributed by atoms with Gasteiger partial charge in [-0.1, -0.05) is 19.1 Å². The number of hydrogen-bond acceptors (Lipinski definition) is 2. The summed E-state index contributed by atoms with van der Waals surface area (Å²) < 4.78 is 43.8. The zero-order chi connectivity index (χ0) is 17.0. The first-order valence-corrected chi connectivity index (χ1v) is 7.55. The molecule has 0 radical (unpaired) electrons. The summed E-state index contributed by atoms with van der Waals surface area (Å²) in [6.07, 6.45) is 2.07. The van der Waals surface area contributed by atoms with Gasteiger partial charge in [-0.25, -0.2) is 13.2 Å². The number of halogens is 3. The second kappa shape index (κ2) is 7.25. The van der Waals surface area contributed by atoms with E-state index in [0.29, 0.717) is 0 Å². The molecule has 0 amide bonds. The first-order valence-electron chi connectivity index (χ1n) is 7.55. The standard InChI is InChI=1S/C17H23F3O2/c1-4-6-8-14(21)13-10-12(3)11-16(18,19)17(13,20)15(22)9-7-5-2/h4-5,12-13H,1-2,6-11H2,3H3. The summed E-state index contributed by atoms with van der Waals surface area (Å²) in [4.78, 5) is 24.3. The third-order valence-electron chi connectivity index (χ3n) is 4.22. The summed E-state index contributed by atoms with van der Waals surface area (Å²) in [5.74, 6) is -7.73. The molecule has 0 aromatic carbocycles. The number of ketones is 2. The lowest BCUT2D eigenvalue weighted by atomic mass is 9.65. The summed E-state index contributed by atoms with van der Waals surface area (Å²) in [5.41, 5.74) is -3.40. The van der Waals surface area contributed by atoms with Crippen LogP contribution in [0.25, 0.3) is 0 Å². The molecule has 0 heterocycles. The molecule has 1 saturated carbocycles. The predicted octanol–water partition coefficient (Wildman–Crippen LogP) is 4.45. The summed E-state index contributed by atoms with van der Waals surface area (Å²) in [6.45, 7) is 8.42. The molecule has 3 atom stereocenters. The van der Waals surface area contributed by atoms with E-state index in [1.54, 1.807) is 6.92 Å². The Morgan fingerprint density at radius 2 is 1.68 bits per heavy atom. The van der Waals surface area contributed by atoms with Crippen molar-refractivity contribution in [3.8, 4) is 0 Å². The zero-order valence-electron chi connectivity index (χ0n) is 12.9. The molecule has 0 aliphatic heterocycles. The fourth-order valence-electron chi connectivity index (χ4n) is 3.07. The van der Waals surface area contributed by atoms with Crippen LogP contribution < -0.4 is 0 Å². The Morgan fingerprint density at radius 1 is 1.14 bits per heavy atom. The number of carbonyl (C=O) groups excluding carboxylic acids is 2. The Bertz CT molecular complexity index is 459. The molecule has 22 heavy (non-hydrogen) atoms. The van der Waals surface area contributed by atoms with Gasteiger partial charge in [-0.3, -0.25) is 9.59 Å². The van der Waals surface area contributed by atoms with Gasteiger partial charge in [-0.2, -0.15) is 0 Å². The first-order chi connectivity index (χ1) is 10.2. The lowest BCUT2D eigenvalue weighted by molar-refractivity contribution is -0.203. The number of rotatable bonds is 8. The molecular weight excluding hydrogens is 293 g/mol. The van der Waals surface area contributed by atoms with Gasteiger partial charge in [-0.15, -0.1) is 13.2 Å². The normalized spacial score (nSPS) is 30.5. The second-order valence-electron chi connectivity index (χ2n) is 6.06. The lowest BCUT2D eigenvalue weighted by Gasteiger charge is -2.44. The molecule has 1 aliphatic rings. The van der Waals surface area contributed by atoms with Crippen LogP contribution in [0.3, 0.4) is 0 Å². The smallest absolute Gasteiger partial charge is 0.289 e. The van der Waals surface area contributed by atoms with Gasteiger partial charge in [0.05, 0.1) is 5.92 Å². The van der Waals surface area contributed by atoms with Crippen LogP contribution in [-0.2, 0) is 9.59 Å². The molecule has 2 nitrogen and oxygen atoms in total. The average Bonchev–Trinajstić information content (AvgIpc) is 2.45. The molecule has 0 bridgehead atoms. The van der Waals surface area contributed by atoms with E-state index in [4.69, 9.17) is 0 Å². The molecule has 1 fully saturated rings. The van der Waals surface area contributed by atoms with Gasteiger partial charge in [-0.05, 0) is 25.2 Å². The summed E-state index contributed by atoms with van der Waals surface area (Å²) in [7, 11) is 0. The van der Waals surface area contributed by atoms with Gasteiger partial charge in [0.25, 0.3) is 5.92 Å². The van der Waals surface area contributed by atoms with E-state index in [1.807, 2.05) is 0 Å². The first kappa shape index (κ1) is 18.7. The Morgan fingerprint density at radius 3 is 2.23 bits per heavy atom. The Hall–Kier alpha value is -1.39. The summed E-state index contributed by atoms with van der Waals surface area (Å²) in [5, 5.41) is 0. The highest BCUT2D eigenvalue weighted by Crippen LogP contribution is 2.51. The SMILES string of the molecule is C=CCCC(=O)C1CC(C)CC(F)(F)C1(F)C(=O)CCC=C. The number of hydrogen-bond donors (Lipinski definition) is 0. The maximum atomic E-state index is 15.2. The fraction of sp³-hybridized carbons (Fsp3) is 0.647. The quantitative estimate of drug-likeness (QED) is 0.620. The highest BCUT2D eigenvalue weighted by atomic mass is 19.3. The molecule has 0 N–H and O–H groups in total. The van der Waals surface area contributed by atoms with Crippen molar-refractivity contribution < 1.29 is 22.8 Å². The fourth-order valence-corrected chi connectivity index (χ4v) is 3.07. The van der Waals surface area contributed by atoms with Crippen LogP contribution in [0.15, 0.2) is 25.3 Å². The number of alkyl halides is 3. The minimum atomic E-state index is -3.82. The third-order valence-corrected chi connectivity index (χ3v) is 4.22. The molecule has 0 saturated heterocycles. The van der Waals surface area contributed by atoms with E-state index in [0.717, 1.165) is 0 Å². The monoisotopic (exact) mass is 316 g/mol. The average molecular weight is 316 g/mol. The lowest BCUT2D eigenvalue weighted by Crippen LogP contribution is -2.61. The van der Waals surface area contributed by atoms with Crippen LogP contribution >= 0.6 is 0 Å². The minimum absolute atomic E-state index is 0.0259. The highest BCUT2D eigenvalue weighted by Gasteiger charge is 2.67. The minimum Gasteiger partial charge on any atom is -0.299 e. The van der Waals surface area contributed by atoms with Crippen LogP contribution in [-0.4, -0.2) is 23.2 Å². The van der Waals surface area contributed by atoms with Gasteiger partial charge in [0, 0.05) is 19.3 Å². The third kappa shape index (κ3) is 3.50. The van der Waals surface area contributed by atoms with Crippen molar-refractivity contribution >= 4 is 11.6 Å². The van der Waals surface area contributed by atoms with Crippen LogP contribution in [0.5, 0.6) is 0 Å². The second-order valence-corrected chi connectivity index (χ2v) is 6.06. The van der Waals surface area contributed by atoms with Crippen molar-refractivity contribution in [2.24, 2.45) is 11.8 Å². The van der Waals surface area contributed by atoms with Crippen molar-refractivity contribution in [1.29, 1.82) is 0 Å². The van der Waals surface area contributed by atoms with Crippen molar-refractivity contribution in [2.45, 2.75) is 57.0 Å². The van der Waals surface area contributed by atoms with Crippen LogP contribution in [0.4, 0.5) is 13.2 Å². The van der Waals surface area contributed by atoms with Crippen molar-refractivity contribution in [2.75, 3.05) is 0 Å². The van der Waals surface area contributed by atoms with Crippen LogP contribution in [0.2, 0.25) is 0 Å². The highest BCUT2D eigenvalue weighted by molar-refractivity contribution is 5.96. The van der Waals surface area contributed by atoms with Gasteiger partial charge < -0.3 is 0 Å². The topological polar surface area (TPSA) is 34.1 Å². The van der Waals surface area contributed by atoms with Crippen molar-refractivity contribution in [3.05, 3.63) is 25.3 Å². The Balaban J connectivity index is 3.16. The molecule has 3 unspecified atom stereocenters. The van der Waals surface area contributed by atoms with Crippen molar-refractivity contribution in [1.82, 2.24) is 0 Å². The number of carbonyl (C=O) groups is 2.